The molecule has 0 atom stereocenters. The second-order valence-electron chi connectivity index (χ2n) is 4.86. The number of amides is 2. The third-order valence-corrected chi connectivity index (χ3v) is 3.53. The lowest BCUT2D eigenvalue weighted by atomic mass is 10.1. The summed E-state index contributed by atoms with van der Waals surface area (Å²) in [5.74, 6) is -0.349. The molecule has 5 heteroatoms. The molecule has 0 spiro atoms. The van der Waals surface area contributed by atoms with Crippen LogP contribution >= 0.6 is 11.6 Å². The van der Waals surface area contributed by atoms with Crippen molar-refractivity contribution in [3.63, 3.8) is 0 Å². The Labute approximate surface area is 128 Å². The van der Waals surface area contributed by atoms with E-state index >= 15 is 0 Å². The number of urea groups is 1. The van der Waals surface area contributed by atoms with E-state index in [9.17, 15) is 9.18 Å². The number of carbonyl (C=O) groups excluding carboxylic acids is 1. The van der Waals surface area contributed by atoms with Crippen LogP contribution in [0.2, 0.25) is 5.02 Å². The Hall–Kier alpha value is -2.07. The lowest BCUT2D eigenvalue weighted by molar-refractivity contribution is 0.251. The minimum Gasteiger partial charge on any atom is -0.334 e. The van der Waals surface area contributed by atoms with Crippen molar-refractivity contribution in [1.82, 2.24) is 5.32 Å². The fraction of sp³-hybridized carbons (Fsp3) is 0.188. The van der Waals surface area contributed by atoms with Gasteiger partial charge in [0.1, 0.15) is 5.82 Å². The molecule has 0 aliphatic heterocycles. The number of halogens is 2. The smallest absolute Gasteiger partial charge is 0.319 e. The average Bonchev–Trinajstić information content (AvgIpc) is 2.44. The van der Waals surface area contributed by atoms with Crippen molar-refractivity contribution in [3.05, 3.63) is 63.9 Å². The van der Waals surface area contributed by atoms with Crippen molar-refractivity contribution < 1.29 is 9.18 Å². The van der Waals surface area contributed by atoms with Crippen LogP contribution in [-0.4, -0.2) is 6.03 Å². The molecule has 0 unspecified atom stereocenters. The van der Waals surface area contributed by atoms with E-state index in [0.717, 1.165) is 11.1 Å². The molecule has 0 aromatic heterocycles. The molecule has 0 aliphatic carbocycles. The Morgan fingerprint density at radius 2 is 1.86 bits per heavy atom. The molecule has 2 rings (SSSR count). The van der Waals surface area contributed by atoms with Crippen molar-refractivity contribution >= 4 is 23.3 Å². The maximum atomic E-state index is 13.4. The topological polar surface area (TPSA) is 41.1 Å². The second kappa shape index (κ2) is 6.59. The van der Waals surface area contributed by atoms with Gasteiger partial charge in [-0.15, -0.1) is 0 Å². The number of hydrogen-bond acceptors (Lipinski definition) is 1. The number of anilines is 1. The summed E-state index contributed by atoms with van der Waals surface area (Å²) in [5, 5.41) is 5.94. The summed E-state index contributed by atoms with van der Waals surface area (Å²) in [7, 11) is 0. The van der Waals surface area contributed by atoms with Crippen molar-refractivity contribution in [2.24, 2.45) is 0 Å². The lowest BCUT2D eigenvalue weighted by Gasteiger charge is -2.09. The third-order valence-electron chi connectivity index (χ3n) is 3.12. The van der Waals surface area contributed by atoms with Crippen molar-refractivity contribution in [2.45, 2.75) is 20.4 Å². The van der Waals surface area contributed by atoms with E-state index in [-0.39, 0.29) is 5.82 Å². The van der Waals surface area contributed by atoms with Gasteiger partial charge < -0.3 is 10.6 Å². The van der Waals surface area contributed by atoms with E-state index in [0.29, 0.717) is 22.8 Å². The monoisotopic (exact) mass is 306 g/mol. The van der Waals surface area contributed by atoms with Crippen LogP contribution in [0, 0.1) is 19.7 Å². The first-order valence-corrected chi connectivity index (χ1v) is 6.89. The maximum Gasteiger partial charge on any atom is 0.319 e. The van der Waals surface area contributed by atoms with Gasteiger partial charge in [-0.1, -0.05) is 29.8 Å². The van der Waals surface area contributed by atoms with Gasteiger partial charge in [0.15, 0.2) is 0 Å². The fourth-order valence-corrected chi connectivity index (χ4v) is 1.98. The summed E-state index contributed by atoms with van der Waals surface area (Å²) in [6.45, 7) is 3.93. The van der Waals surface area contributed by atoms with E-state index in [4.69, 9.17) is 11.6 Å². The Bertz CT molecular complexity index is 673. The molecule has 0 fully saturated rings. The number of hydrogen-bond donors (Lipinski definition) is 2. The van der Waals surface area contributed by atoms with E-state index in [1.54, 1.807) is 19.1 Å². The molecule has 2 aromatic rings. The molecule has 0 radical (unpaired) electrons. The van der Waals surface area contributed by atoms with Gasteiger partial charge in [-0.25, -0.2) is 9.18 Å². The van der Waals surface area contributed by atoms with Crippen molar-refractivity contribution in [3.8, 4) is 0 Å². The number of rotatable bonds is 3. The summed E-state index contributed by atoms with van der Waals surface area (Å²) < 4.78 is 13.4. The first kappa shape index (κ1) is 15.3. The van der Waals surface area contributed by atoms with Gasteiger partial charge in [0, 0.05) is 17.3 Å². The van der Waals surface area contributed by atoms with Gasteiger partial charge in [-0.3, -0.25) is 0 Å². The molecular weight excluding hydrogens is 291 g/mol. The van der Waals surface area contributed by atoms with Gasteiger partial charge in [0.05, 0.1) is 0 Å². The minimum absolute atomic E-state index is 0.347. The molecule has 0 bridgehead atoms. The summed E-state index contributed by atoms with van der Waals surface area (Å²) >= 11 is 6.02. The lowest BCUT2D eigenvalue weighted by Crippen LogP contribution is -2.28. The van der Waals surface area contributed by atoms with Crippen molar-refractivity contribution in [2.75, 3.05) is 5.32 Å². The Morgan fingerprint density at radius 1 is 1.14 bits per heavy atom. The number of aryl methyl sites for hydroxylation is 2. The molecule has 110 valence electrons. The standard InChI is InChI=1S/C16H16ClFN2O/c1-10-3-5-12(7-14(10)17)9-19-16(21)20-13-6-4-11(2)15(18)8-13/h3-8H,9H2,1-2H3,(H2,19,20,21). The minimum atomic E-state index is -0.394. The number of benzene rings is 2. The van der Waals surface area contributed by atoms with Crippen LogP contribution in [0.4, 0.5) is 14.9 Å². The molecule has 21 heavy (non-hydrogen) atoms. The van der Waals surface area contributed by atoms with E-state index in [2.05, 4.69) is 10.6 Å². The molecule has 2 N–H and O–H groups in total. The van der Waals surface area contributed by atoms with Crippen LogP contribution in [0.1, 0.15) is 16.7 Å². The second-order valence-corrected chi connectivity index (χ2v) is 5.26. The molecular formula is C16H16ClFN2O. The molecule has 0 saturated carbocycles. The van der Waals surface area contributed by atoms with E-state index < -0.39 is 6.03 Å². The molecule has 2 amide bonds. The highest BCUT2D eigenvalue weighted by Gasteiger charge is 2.05. The molecule has 0 heterocycles. The van der Waals surface area contributed by atoms with Gasteiger partial charge >= 0.3 is 6.03 Å². The summed E-state index contributed by atoms with van der Waals surface area (Å²) in [5.41, 5.74) is 2.84. The Balaban J connectivity index is 1.92. The Morgan fingerprint density at radius 3 is 2.52 bits per heavy atom. The largest absolute Gasteiger partial charge is 0.334 e. The van der Waals surface area contributed by atoms with Crippen LogP contribution in [0.25, 0.3) is 0 Å². The quantitative estimate of drug-likeness (QED) is 0.866. The zero-order valence-electron chi connectivity index (χ0n) is 11.8. The van der Waals surface area contributed by atoms with E-state index in [1.165, 1.54) is 6.07 Å². The summed E-state index contributed by atoms with van der Waals surface area (Å²) in [4.78, 5) is 11.8. The zero-order chi connectivity index (χ0) is 15.4. The highest BCUT2D eigenvalue weighted by molar-refractivity contribution is 6.31. The molecule has 2 aromatic carbocycles. The highest BCUT2D eigenvalue weighted by atomic mass is 35.5. The van der Waals surface area contributed by atoms with Crippen LogP contribution in [-0.2, 0) is 6.54 Å². The maximum absolute atomic E-state index is 13.4. The molecule has 0 saturated heterocycles. The average molecular weight is 307 g/mol. The molecule has 3 nitrogen and oxygen atoms in total. The number of nitrogens with one attached hydrogen (secondary N) is 2. The Kier molecular flexibility index (Phi) is 4.81. The van der Waals surface area contributed by atoms with Crippen LogP contribution in [0.3, 0.4) is 0 Å². The SMILES string of the molecule is Cc1ccc(NC(=O)NCc2ccc(C)c(Cl)c2)cc1F. The van der Waals surface area contributed by atoms with Crippen molar-refractivity contribution in [1.29, 1.82) is 0 Å². The zero-order valence-corrected chi connectivity index (χ0v) is 12.6. The predicted molar refractivity (Wildman–Crippen MR) is 83.2 cm³/mol. The molecule has 0 aliphatic rings. The predicted octanol–water partition coefficient (Wildman–Crippen LogP) is 4.42. The number of carbonyl (C=O) groups is 1. The summed E-state index contributed by atoms with van der Waals surface area (Å²) in [6.07, 6.45) is 0. The highest BCUT2D eigenvalue weighted by Crippen LogP contribution is 2.17. The normalized spacial score (nSPS) is 10.3. The van der Waals surface area contributed by atoms with Crippen LogP contribution < -0.4 is 10.6 Å². The van der Waals surface area contributed by atoms with Gasteiger partial charge in [0.2, 0.25) is 0 Å². The van der Waals surface area contributed by atoms with Gasteiger partial charge in [-0.05, 0) is 48.7 Å². The van der Waals surface area contributed by atoms with Crippen LogP contribution in [0.15, 0.2) is 36.4 Å². The summed E-state index contributed by atoms with van der Waals surface area (Å²) in [6, 6.07) is 9.76. The van der Waals surface area contributed by atoms with Gasteiger partial charge in [-0.2, -0.15) is 0 Å². The first-order valence-electron chi connectivity index (χ1n) is 6.52. The fourth-order valence-electron chi connectivity index (χ4n) is 1.77. The van der Waals surface area contributed by atoms with Crippen LogP contribution in [0.5, 0.6) is 0 Å². The first-order chi connectivity index (χ1) is 9.95. The third kappa shape index (κ3) is 4.20. The van der Waals surface area contributed by atoms with Gasteiger partial charge in [0.25, 0.3) is 0 Å². The van der Waals surface area contributed by atoms with E-state index in [1.807, 2.05) is 25.1 Å².